The lowest BCUT2D eigenvalue weighted by Gasteiger charge is -2.10. The molecule has 0 amide bonds. The average molecular weight is 307 g/mol. The maximum Gasteiger partial charge on any atom is 0.123 e. The van der Waals surface area contributed by atoms with Crippen LogP contribution in [-0.2, 0) is 0 Å². The van der Waals surface area contributed by atoms with Crippen molar-refractivity contribution >= 4 is 30.4 Å². The number of halogens is 1. The smallest absolute Gasteiger partial charge is 0.123 e. The summed E-state index contributed by atoms with van der Waals surface area (Å²) in [5.74, 6) is -0.227. The Labute approximate surface area is 97.5 Å². The van der Waals surface area contributed by atoms with E-state index in [2.05, 4.69) is 6.58 Å². The van der Waals surface area contributed by atoms with Crippen molar-refractivity contribution in [2.24, 2.45) is 0 Å². The molecule has 2 radical (unpaired) electrons. The van der Waals surface area contributed by atoms with Gasteiger partial charge in [-0.3, -0.25) is 10.7 Å². The number of aliphatic hydroxyl groups excluding tert-OH is 2. The molecule has 0 unspecified atom stereocenters. The SMILES string of the molecule is [B]C(=C)/C(O)=C(I)\C(NO)=C(\C)CO. The zero-order chi connectivity index (χ0) is 11.3. The molecule has 0 aliphatic heterocycles. The minimum atomic E-state index is -0.236. The molecule has 0 spiro atoms. The third kappa shape index (κ3) is 3.35. The van der Waals surface area contributed by atoms with Crippen molar-refractivity contribution in [1.29, 1.82) is 0 Å². The van der Waals surface area contributed by atoms with Crippen molar-refractivity contribution in [3.63, 3.8) is 0 Å². The fraction of sp³-hybridized carbons (Fsp3) is 0.250. The second kappa shape index (κ2) is 6.10. The summed E-state index contributed by atoms with van der Waals surface area (Å²) >= 11 is 1.78. The minimum absolute atomic E-state index is 0.00658. The first-order valence-corrected chi connectivity index (χ1v) is 4.78. The highest BCUT2D eigenvalue weighted by molar-refractivity contribution is 14.1. The van der Waals surface area contributed by atoms with E-state index < -0.39 is 0 Å². The number of rotatable bonds is 4. The molecule has 0 aliphatic carbocycles. The lowest BCUT2D eigenvalue weighted by molar-refractivity contribution is 0.200. The zero-order valence-corrected chi connectivity index (χ0v) is 9.87. The van der Waals surface area contributed by atoms with Gasteiger partial charge >= 0.3 is 0 Å². The third-order valence-corrected chi connectivity index (χ3v) is 2.56. The number of allylic oxidation sites excluding steroid dienone is 2. The molecule has 0 aromatic carbocycles. The quantitative estimate of drug-likeness (QED) is 0.206. The lowest BCUT2D eigenvalue weighted by Crippen LogP contribution is -2.12. The predicted molar refractivity (Wildman–Crippen MR) is 63.3 cm³/mol. The zero-order valence-electron chi connectivity index (χ0n) is 7.71. The Kier molecular flexibility index (Phi) is 5.90. The largest absolute Gasteiger partial charge is 0.507 e. The van der Waals surface area contributed by atoms with Crippen LogP contribution in [0.15, 0.2) is 32.7 Å². The third-order valence-electron chi connectivity index (χ3n) is 1.51. The summed E-state index contributed by atoms with van der Waals surface area (Å²) in [7, 11) is 5.27. The second-order valence-electron chi connectivity index (χ2n) is 2.61. The van der Waals surface area contributed by atoms with E-state index in [1.807, 2.05) is 5.48 Å². The summed E-state index contributed by atoms with van der Waals surface area (Å²) in [5.41, 5.74) is 2.58. The van der Waals surface area contributed by atoms with Crippen LogP contribution < -0.4 is 5.48 Å². The molecule has 0 aliphatic rings. The van der Waals surface area contributed by atoms with Gasteiger partial charge in [0.15, 0.2) is 0 Å². The summed E-state index contributed by atoms with van der Waals surface area (Å²) < 4.78 is 0.296. The molecule has 0 aromatic rings. The van der Waals surface area contributed by atoms with E-state index in [4.69, 9.17) is 18.2 Å². The van der Waals surface area contributed by atoms with Gasteiger partial charge in [-0.05, 0) is 35.1 Å². The highest BCUT2D eigenvalue weighted by Crippen LogP contribution is 2.23. The van der Waals surface area contributed by atoms with Crippen LogP contribution in [0, 0.1) is 0 Å². The van der Waals surface area contributed by atoms with E-state index in [-0.39, 0.29) is 23.5 Å². The first kappa shape index (κ1) is 13.5. The molecule has 0 atom stereocenters. The molecule has 0 bridgehead atoms. The molecular weight excluding hydrogens is 296 g/mol. The number of nitrogens with one attached hydrogen (secondary N) is 1. The summed E-state index contributed by atoms with van der Waals surface area (Å²) in [6.45, 7) is 4.71. The molecule has 0 rings (SSSR count). The van der Waals surface area contributed by atoms with Crippen LogP contribution in [-0.4, -0.2) is 29.9 Å². The van der Waals surface area contributed by atoms with E-state index >= 15 is 0 Å². The second-order valence-corrected chi connectivity index (χ2v) is 3.69. The Balaban J connectivity index is 5.27. The Bertz CT molecular complexity index is 299. The maximum absolute atomic E-state index is 9.42. The highest BCUT2D eigenvalue weighted by atomic mass is 127. The van der Waals surface area contributed by atoms with Gasteiger partial charge in [0.25, 0.3) is 0 Å². The highest BCUT2D eigenvalue weighted by Gasteiger charge is 2.10. The van der Waals surface area contributed by atoms with Crippen molar-refractivity contribution in [2.45, 2.75) is 6.92 Å². The fourth-order valence-corrected chi connectivity index (χ4v) is 1.60. The molecule has 0 aromatic heterocycles. The van der Waals surface area contributed by atoms with Gasteiger partial charge in [0.2, 0.25) is 0 Å². The van der Waals surface area contributed by atoms with Gasteiger partial charge in [-0.2, -0.15) is 0 Å². The molecule has 6 heteroatoms. The van der Waals surface area contributed by atoms with Crippen LogP contribution in [0.4, 0.5) is 0 Å². The van der Waals surface area contributed by atoms with Crippen LogP contribution in [0.25, 0.3) is 0 Å². The van der Waals surface area contributed by atoms with Gasteiger partial charge in [0, 0.05) is 0 Å². The molecule has 0 heterocycles. The van der Waals surface area contributed by atoms with Gasteiger partial charge in [0.1, 0.15) is 13.6 Å². The van der Waals surface area contributed by atoms with Gasteiger partial charge in [0.05, 0.1) is 15.9 Å². The molecule has 4 nitrogen and oxygen atoms in total. The monoisotopic (exact) mass is 307 g/mol. The molecule has 4 N–H and O–H groups in total. The number of hydrogen-bond donors (Lipinski definition) is 4. The molecular formula is C8H11BINO3. The Hall–Kier alpha value is -0.465. The van der Waals surface area contributed by atoms with Gasteiger partial charge in [-0.1, -0.05) is 5.47 Å². The van der Waals surface area contributed by atoms with Gasteiger partial charge in [-0.15, -0.1) is 6.58 Å². The van der Waals surface area contributed by atoms with Crippen LogP contribution in [0.1, 0.15) is 6.92 Å². The first-order valence-electron chi connectivity index (χ1n) is 3.70. The summed E-state index contributed by atoms with van der Waals surface area (Å²) in [5, 5.41) is 27.0. The first-order chi connectivity index (χ1) is 6.45. The Morgan fingerprint density at radius 3 is 2.36 bits per heavy atom. The Morgan fingerprint density at radius 1 is 1.57 bits per heavy atom. The van der Waals surface area contributed by atoms with Crippen molar-refractivity contribution in [3.05, 3.63) is 32.7 Å². The normalized spacial score (nSPS) is 14.3. The van der Waals surface area contributed by atoms with Crippen LogP contribution in [0.5, 0.6) is 0 Å². The number of hydroxylamine groups is 1. The fourth-order valence-electron chi connectivity index (χ4n) is 0.670. The van der Waals surface area contributed by atoms with Crippen LogP contribution >= 0.6 is 22.6 Å². The van der Waals surface area contributed by atoms with E-state index in [0.29, 0.717) is 9.15 Å². The number of hydrogen-bond acceptors (Lipinski definition) is 4. The van der Waals surface area contributed by atoms with E-state index in [9.17, 15) is 5.11 Å². The van der Waals surface area contributed by atoms with Crippen molar-refractivity contribution in [2.75, 3.05) is 6.61 Å². The molecule has 76 valence electrons. The van der Waals surface area contributed by atoms with Crippen molar-refractivity contribution in [3.8, 4) is 0 Å². The standard InChI is InChI=1S/C8H11BINO3/c1-4(3-12)7(11-14)6(10)8(13)5(2)9/h11-14H,2-3H2,1H3/b7-4+,8-6-. The Morgan fingerprint density at radius 2 is 2.07 bits per heavy atom. The van der Waals surface area contributed by atoms with Crippen LogP contribution in [0.3, 0.4) is 0 Å². The minimum Gasteiger partial charge on any atom is -0.507 e. The van der Waals surface area contributed by atoms with Gasteiger partial charge < -0.3 is 10.2 Å². The summed E-state index contributed by atoms with van der Waals surface area (Å²) in [4.78, 5) is 0. The predicted octanol–water partition coefficient (Wildman–Crippen LogP) is 1.12. The lowest BCUT2D eigenvalue weighted by atomic mass is 9.95. The van der Waals surface area contributed by atoms with E-state index in [0.717, 1.165) is 0 Å². The summed E-state index contributed by atoms with van der Waals surface area (Å²) in [6.07, 6.45) is 0. The van der Waals surface area contributed by atoms with E-state index in [1.54, 1.807) is 29.5 Å². The molecule has 14 heavy (non-hydrogen) atoms. The average Bonchev–Trinajstić information content (AvgIpc) is 2.16. The summed E-state index contributed by atoms with van der Waals surface area (Å²) in [6, 6.07) is 0. The van der Waals surface area contributed by atoms with Crippen molar-refractivity contribution < 1.29 is 15.4 Å². The molecule has 0 saturated carbocycles. The number of aliphatic hydroxyl groups is 2. The molecule has 0 fully saturated rings. The van der Waals surface area contributed by atoms with Crippen LogP contribution in [0.2, 0.25) is 0 Å². The molecule has 0 saturated heterocycles. The maximum atomic E-state index is 9.42. The topological polar surface area (TPSA) is 72.7 Å². The van der Waals surface area contributed by atoms with Crippen molar-refractivity contribution in [1.82, 2.24) is 5.48 Å². The van der Waals surface area contributed by atoms with E-state index in [1.165, 1.54) is 0 Å². The van der Waals surface area contributed by atoms with Gasteiger partial charge in [-0.25, -0.2) is 0 Å².